The summed E-state index contributed by atoms with van der Waals surface area (Å²) in [5.74, 6) is 0. The van der Waals surface area contributed by atoms with Gasteiger partial charge in [-0.2, -0.15) is 0 Å². The summed E-state index contributed by atoms with van der Waals surface area (Å²) in [6.45, 7) is 1.09. The quantitative estimate of drug-likeness (QED) is 0.311. The summed E-state index contributed by atoms with van der Waals surface area (Å²) in [4.78, 5) is 12.6. The van der Waals surface area contributed by atoms with Crippen molar-refractivity contribution in [1.82, 2.24) is 4.57 Å². The van der Waals surface area contributed by atoms with Gasteiger partial charge in [-0.3, -0.25) is 10.1 Å². The number of nitrogens with zero attached hydrogens (tertiary/aromatic N) is 2. The molecule has 29 heavy (non-hydrogen) atoms. The molecule has 2 N–H and O–H groups in total. The first-order valence-electron chi connectivity index (χ1n) is 9.02. The van der Waals surface area contributed by atoms with E-state index in [4.69, 9.17) is 17.3 Å². The van der Waals surface area contributed by atoms with Crippen molar-refractivity contribution in [3.05, 3.63) is 99.2 Å². The summed E-state index contributed by atoms with van der Waals surface area (Å²) < 4.78 is 2.14. The molecule has 4 rings (SSSR count). The number of nitro groups is 1. The van der Waals surface area contributed by atoms with Crippen molar-refractivity contribution in [3.63, 3.8) is 0 Å². The van der Waals surface area contributed by atoms with Crippen LogP contribution < -0.4 is 5.73 Å². The maximum absolute atomic E-state index is 11.4. The van der Waals surface area contributed by atoms with E-state index in [2.05, 4.69) is 10.6 Å². The zero-order chi connectivity index (χ0) is 20.4. The predicted molar refractivity (Wildman–Crippen MR) is 118 cm³/mol. The zero-order valence-corrected chi connectivity index (χ0v) is 17.0. The molecule has 0 saturated heterocycles. The standard InChI is InChI=1S/C22H18ClN3O2S/c23-17-5-3-4-16(10-17)13-25-14-22(18-9-8-15(12-24)11-20(18)25)29-21-7-2-1-6-19(21)26(27)28/h1-11,14H,12-13,24H2. The Hall–Kier alpha value is -2.80. The monoisotopic (exact) mass is 423 g/mol. The second kappa shape index (κ2) is 8.29. The summed E-state index contributed by atoms with van der Waals surface area (Å²) in [5.41, 5.74) is 9.09. The lowest BCUT2D eigenvalue weighted by molar-refractivity contribution is -0.387. The minimum absolute atomic E-state index is 0.104. The molecule has 146 valence electrons. The molecule has 1 heterocycles. The van der Waals surface area contributed by atoms with Crippen molar-refractivity contribution >= 4 is 40.0 Å². The van der Waals surface area contributed by atoms with Gasteiger partial charge >= 0.3 is 0 Å². The molecule has 0 aliphatic rings. The van der Waals surface area contributed by atoms with Gasteiger partial charge in [-0.1, -0.05) is 59.8 Å². The van der Waals surface area contributed by atoms with Crippen LogP contribution in [0.5, 0.6) is 0 Å². The lowest BCUT2D eigenvalue weighted by Gasteiger charge is -2.07. The SMILES string of the molecule is NCc1ccc2c(Sc3ccccc3[N+](=O)[O-])cn(Cc3cccc(Cl)c3)c2c1. The minimum atomic E-state index is -0.347. The molecule has 0 spiro atoms. The van der Waals surface area contributed by atoms with Crippen LogP contribution in [0.15, 0.2) is 82.7 Å². The van der Waals surface area contributed by atoms with E-state index in [1.807, 2.05) is 48.7 Å². The molecule has 7 heteroatoms. The highest BCUT2D eigenvalue weighted by molar-refractivity contribution is 7.99. The largest absolute Gasteiger partial charge is 0.342 e. The number of nitro benzene ring substituents is 1. The Kier molecular flexibility index (Phi) is 5.58. The van der Waals surface area contributed by atoms with Crippen LogP contribution in [0.1, 0.15) is 11.1 Å². The average molecular weight is 424 g/mol. The fraction of sp³-hybridized carbons (Fsp3) is 0.0909. The van der Waals surface area contributed by atoms with Gasteiger partial charge in [-0.15, -0.1) is 0 Å². The summed E-state index contributed by atoms with van der Waals surface area (Å²) >= 11 is 7.54. The predicted octanol–water partition coefficient (Wildman–Crippen LogP) is 5.86. The van der Waals surface area contributed by atoms with Crippen molar-refractivity contribution in [2.45, 2.75) is 22.9 Å². The maximum Gasteiger partial charge on any atom is 0.283 e. The highest BCUT2D eigenvalue weighted by Gasteiger charge is 2.17. The van der Waals surface area contributed by atoms with E-state index in [1.54, 1.807) is 12.1 Å². The van der Waals surface area contributed by atoms with Gasteiger partial charge < -0.3 is 10.3 Å². The van der Waals surface area contributed by atoms with Gasteiger partial charge in [0.05, 0.1) is 9.82 Å². The average Bonchev–Trinajstić information content (AvgIpc) is 3.04. The number of nitrogens with two attached hydrogens (primary N) is 1. The first-order valence-corrected chi connectivity index (χ1v) is 10.2. The minimum Gasteiger partial charge on any atom is -0.342 e. The van der Waals surface area contributed by atoms with Gasteiger partial charge in [0.2, 0.25) is 0 Å². The Bertz CT molecular complexity index is 1210. The molecular weight excluding hydrogens is 406 g/mol. The van der Waals surface area contributed by atoms with Crippen molar-refractivity contribution < 1.29 is 4.92 Å². The highest BCUT2D eigenvalue weighted by Crippen LogP contribution is 2.39. The molecule has 0 unspecified atom stereocenters. The molecular formula is C22H18ClN3O2S. The highest BCUT2D eigenvalue weighted by atomic mass is 35.5. The Balaban J connectivity index is 1.80. The van der Waals surface area contributed by atoms with Gasteiger partial charge in [0.25, 0.3) is 5.69 Å². The van der Waals surface area contributed by atoms with Gasteiger partial charge in [-0.05, 0) is 35.4 Å². The first kappa shape index (κ1) is 19.5. The van der Waals surface area contributed by atoms with Crippen LogP contribution in [0.25, 0.3) is 10.9 Å². The second-order valence-electron chi connectivity index (χ2n) is 6.63. The molecule has 0 amide bonds. The Morgan fingerprint density at radius 1 is 1.00 bits per heavy atom. The molecule has 0 aliphatic heterocycles. The van der Waals surface area contributed by atoms with Crippen LogP contribution in [0.3, 0.4) is 0 Å². The second-order valence-corrected chi connectivity index (χ2v) is 8.15. The van der Waals surface area contributed by atoms with E-state index >= 15 is 0 Å². The van der Waals surface area contributed by atoms with Crippen LogP contribution in [-0.4, -0.2) is 9.49 Å². The summed E-state index contributed by atoms with van der Waals surface area (Å²) in [7, 11) is 0. The maximum atomic E-state index is 11.4. The van der Waals surface area contributed by atoms with Gasteiger partial charge in [-0.25, -0.2) is 0 Å². The number of hydrogen-bond donors (Lipinski definition) is 1. The first-order chi connectivity index (χ1) is 14.0. The van der Waals surface area contributed by atoms with E-state index in [1.165, 1.54) is 17.8 Å². The molecule has 4 aromatic rings. The number of benzene rings is 3. The van der Waals surface area contributed by atoms with Crippen molar-refractivity contribution in [3.8, 4) is 0 Å². The van der Waals surface area contributed by atoms with E-state index in [0.29, 0.717) is 23.0 Å². The van der Waals surface area contributed by atoms with Crippen LogP contribution >= 0.6 is 23.4 Å². The van der Waals surface area contributed by atoms with E-state index in [-0.39, 0.29) is 10.6 Å². The third-order valence-corrected chi connectivity index (χ3v) is 6.02. The van der Waals surface area contributed by atoms with Crippen LogP contribution in [0.4, 0.5) is 5.69 Å². The van der Waals surface area contributed by atoms with Crippen LogP contribution in [0, 0.1) is 10.1 Å². The Morgan fingerprint density at radius 2 is 1.83 bits per heavy atom. The third-order valence-electron chi connectivity index (χ3n) is 4.67. The van der Waals surface area contributed by atoms with E-state index < -0.39 is 0 Å². The Labute approximate surface area is 177 Å². The molecule has 0 saturated carbocycles. The lowest BCUT2D eigenvalue weighted by atomic mass is 10.1. The number of fused-ring (bicyclic) bond motifs is 1. The van der Waals surface area contributed by atoms with Crippen LogP contribution in [0.2, 0.25) is 5.02 Å². The van der Waals surface area contributed by atoms with E-state index in [0.717, 1.165) is 26.9 Å². The smallest absolute Gasteiger partial charge is 0.283 e. The number of hydrogen-bond acceptors (Lipinski definition) is 4. The molecule has 3 aromatic carbocycles. The van der Waals surface area contributed by atoms with E-state index in [9.17, 15) is 10.1 Å². The van der Waals surface area contributed by atoms with Crippen LogP contribution in [-0.2, 0) is 13.1 Å². The molecule has 0 fully saturated rings. The number of para-hydroxylation sites is 1. The number of rotatable bonds is 6. The molecule has 0 bridgehead atoms. The molecule has 0 radical (unpaired) electrons. The van der Waals surface area contributed by atoms with Gasteiger partial charge in [0.1, 0.15) is 0 Å². The molecule has 1 aromatic heterocycles. The third kappa shape index (κ3) is 4.15. The normalized spacial score (nSPS) is 11.1. The van der Waals surface area contributed by atoms with Gasteiger partial charge in [0, 0.05) is 46.2 Å². The number of halogens is 1. The summed E-state index contributed by atoms with van der Waals surface area (Å²) in [6, 6.07) is 20.6. The number of aromatic nitrogens is 1. The van der Waals surface area contributed by atoms with Gasteiger partial charge in [0.15, 0.2) is 0 Å². The lowest BCUT2D eigenvalue weighted by Crippen LogP contribution is -2.00. The summed E-state index contributed by atoms with van der Waals surface area (Å²) in [5, 5.41) is 13.1. The molecule has 5 nitrogen and oxygen atoms in total. The van der Waals surface area contributed by atoms with Crippen molar-refractivity contribution in [2.24, 2.45) is 5.73 Å². The van der Waals surface area contributed by atoms with Crippen molar-refractivity contribution in [1.29, 1.82) is 0 Å². The topological polar surface area (TPSA) is 74.1 Å². The molecule has 0 atom stereocenters. The summed E-state index contributed by atoms with van der Waals surface area (Å²) in [6.07, 6.45) is 2.03. The molecule has 0 aliphatic carbocycles. The Morgan fingerprint density at radius 3 is 2.59 bits per heavy atom. The fourth-order valence-corrected chi connectivity index (χ4v) is 4.59. The fourth-order valence-electron chi connectivity index (χ4n) is 3.29. The van der Waals surface area contributed by atoms with Crippen molar-refractivity contribution in [2.75, 3.05) is 0 Å². The zero-order valence-electron chi connectivity index (χ0n) is 15.4.